The Hall–Kier alpha value is 0.257. The highest BCUT2D eigenvalue weighted by atomic mass is 79.9. The smallest absolute Gasteiger partial charge is 0.0676 e. The molecule has 0 aliphatic heterocycles. The summed E-state index contributed by atoms with van der Waals surface area (Å²) >= 11 is 3.53. The highest BCUT2D eigenvalue weighted by molar-refractivity contribution is 9.10. The van der Waals surface area contributed by atoms with Gasteiger partial charge in [0.25, 0.3) is 0 Å². The lowest BCUT2D eigenvalue weighted by Gasteiger charge is -2.09. The molecule has 0 nitrogen and oxygen atoms in total. The Morgan fingerprint density at radius 2 is 2.12 bits per heavy atom. The van der Waals surface area contributed by atoms with Gasteiger partial charge >= 0.3 is 0 Å². The van der Waals surface area contributed by atoms with Crippen LogP contribution in [0.5, 0.6) is 0 Å². The zero-order valence-electron chi connectivity index (χ0n) is 5.59. The van der Waals surface area contributed by atoms with E-state index in [1.165, 1.54) is 0 Å². The minimum absolute atomic E-state index is 0.0260. The minimum atomic E-state index is -0.0260. The normalized spacial score (nSPS) is 17.5. The summed E-state index contributed by atoms with van der Waals surface area (Å²) in [5.41, 5.74) is 0. The van der Waals surface area contributed by atoms with Gasteiger partial charge in [0.2, 0.25) is 0 Å². The molecule has 0 spiro atoms. The van der Waals surface area contributed by atoms with Crippen molar-refractivity contribution in [1.82, 2.24) is 0 Å². The molecule has 0 aromatic carbocycles. The van der Waals surface area contributed by atoms with Gasteiger partial charge in [-0.1, -0.05) is 28.4 Å². The van der Waals surface area contributed by atoms with E-state index in [1.54, 1.807) is 0 Å². The van der Waals surface area contributed by atoms with Crippen molar-refractivity contribution in [2.75, 3.05) is 0 Å². The summed E-state index contributed by atoms with van der Waals surface area (Å²) in [4.78, 5) is 0. The van der Waals surface area contributed by atoms with E-state index in [9.17, 15) is 0 Å². The van der Waals surface area contributed by atoms with Crippen LogP contribution in [0.3, 0.4) is 0 Å². The van der Waals surface area contributed by atoms with Gasteiger partial charge in [0.05, 0.1) is 13.5 Å². The van der Waals surface area contributed by atoms with Crippen molar-refractivity contribution in [2.24, 2.45) is 0 Å². The second-order valence-electron chi connectivity index (χ2n) is 1.93. The number of hydrogen-bond acceptors (Lipinski definition) is 0. The van der Waals surface area contributed by atoms with Gasteiger partial charge in [0, 0.05) is 0 Å². The van der Waals surface area contributed by atoms with Gasteiger partial charge in [0.15, 0.2) is 0 Å². The van der Waals surface area contributed by atoms with Crippen molar-refractivity contribution in [3.63, 3.8) is 0 Å². The molecule has 0 fully saturated rings. The van der Waals surface area contributed by atoms with E-state index >= 15 is 0 Å². The Balaban J connectivity index is 3.85. The Kier molecular flexibility index (Phi) is 3.42. The largest absolute Gasteiger partial charge is 0.106 e. The maximum atomic E-state index is 3.53. The molecule has 1 atom stereocenters. The molecule has 0 bridgehead atoms. The summed E-state index contributed by atoms with van der Waals surface area (Å²) < 4.78 is 0.182. The lowest BCUT2D eigenvalue weighted by Crippen LogP contribution is -2.18. The van der Waals surface area contributed by atoms with Crippen LogP contribution in [0.4, 0.5) is 0 Å². The van der Waals surface area contributed by atoms with Crippen molar-refractivity contribution in [1.29, 1.82) is 0 Å². The maximum absolute atomic E-state index is 3.53. The number of alkyl halides is 1. The molecule has 46 valence electrons. The molecule has 0 radical (unpaired) electrons. The summed E-state index contributed by atoms with van der Waals surface area (Å²) in [6.07, 6.45) is 0. The van der Waals surface area contributed by atoms with Gasteiger partial charge in [-0.2, -0.15) is 0 Å². The lowest BCUT2D eigenvalue weighted by molar-refractivity contribution is 1.19. The van der Waals surface area contributed by atoms with Gasteiger partial charge in [-0.25, -0.2) is 0 Å². The van der Waals surface area contributed by atoms with Crippen LogP contribution in [0.25, 0.3) is 0 Å². The van der Waals surface area contributed by atoms with Crippen molar-refractivity contribution in [3.8, 4) is 11.8 Å². The predicted molar refractivity (Wildman–Crippen MR) is 45.2 cm³/mol. The van der Waals surface area contributed by atoms with E-state index in [-0.39, 0.29) is 13.5 Å². The van der Waals surface area contributed by atoms with Crippen LogP contribution in [0, 0.1) is 11.8 Å². The van der Waals surface area contributed by atoms with E-state index in [0.717, 1.165) is 0 Å². The monoisotopic (exact) mass is 190 g/mol. The first-order valence-electron chi connectivity index (χ1n) is 2.75. The zero-order valence-corrected chi connectivity index (χ0v) is 8.59. The molecule has 2 heteroatoms. The van der Waals surface area contributed by atoms with Gasteiger partial charge in [-0.3, -0.25) is 0 Å². The quantitative estimate of drug-likeness (QED) is 0.333. The summed E-state index contributed by atoms with van der Waals surface area (Å²) in [6, 6.07) is 0. The first-order chi connectivity index (χ1) is 3.62. The number of hydrogen-bond donors (Lipinski definition) is 0. The van der Waals surface area contributed by atoms with Crippen LogP contribution < -0.4 is 0 Å². The van der Waals surface area contributed by atoms with Crippen molar-refractivity contribution in [2.45, 2.75) is 24.3 Å². The zero-order chi connectivity index (χ0) is 6.62. The Bertz CT molecular complexity index is 118. The van der Waals surface area contributed by atoms with E-state index < -0.39 is 0 Å². The molecule has 0 saturated carbocycles. The Labute approximate surface area is 62.0 Å². The fourth-order valence-electron chi connectivity index (χ4n) is 0.349. The van der Waals surface area contributed by atoms with Crippen LogP contribution >= 0.6 is 15.9 Å². The molecule has 0 N–H and O–H groups in total. The molecule has 8 heavy (non-hydrogen) atoms. The van der Waals surface area contributed by atoms with Crippen LogP contribution in [0.15, 0.2) is 0 Å². The van der Waals surface area contributed by atoms with Gasteiger partial charge in [-0.15, -0.1) is 5.92 Å². The van der Waals surface area contributed by atoms with Gasteiger partial charge in [0.1, 0.15) is 0 Å². The standard InChI is InChI=1S/C6H11BrSi/c1-4-5-6(2,7)8-3/h8H2,1-3H3. The summed E-state index contributed by atoms with van der Waals surface area (Å²) in [5.74, 6) is 6.00. The van der Waals surface area contributed by atoms with Crippen LogP contribution in [0.1, 0.15) is 13.8 Å². The second-order valence-corrected chi connectivity index (χ2v) is 6.83. The summed E-state index contributed by atoms with van der Waals surface area (Å²) in [7, 11) is -0.0260. The highest BCUT2D eigenvalue weighted by Crippen LogP contribution is 2.12. The van der Waals surface area contributed by atoms with Crippen molar-refractivity contribution in [3.05, 3.63) is 0 Å². The fourth-order valence-corrected chi connectivity index (χ4v) is 0.901. The topological polar surface area (TPSA) is 0 Å². The molecular formula is C6H11BrSi. The molecule has 0 aliphatic rings. The maximum Gasteiger partial charge on any atom is 0.0676 e. The van der Waals surface area contributed by atoms with Crippen LogP contribution in [-0.4, -0.2) is 13.5 Å². The number of rotatable bonds is 1. The Morgan fingerprint density at radius 3 is 2.25 bits per heavy atom. The summed E-state index contributed by atoms with van der Waals surface area (Å²) in [6.45, 7) is 6.26. The molecule has 1 unspecified atom stereocenters. The molecular weight excluding hydrogens is 180 g/mol. The third kappa shape index (κ3) is 3.28. The third-order valence-electron chi connectivity index (χ3n) is 1.05. The molecule has 0 saturated heterocycles. The molecule has 0 aliphatic carbocycles. The SMILES string of the molecule is CC#CC(C)(Br)[SiH2]C. The van der Waals surface area contributed by atoms with Crippen LogP contribution in [-0.2, 0) is 0 Å². The molecule has 0 heterocycles. The van der Waals surface area contributed by atoms with Crippen molar-refractivity contribution >= 4 is 25.4 Å². The molecule has 0 aromatic rings. The highest BCUT2D eigenvalue weighted by Gasteiger charge is 2.11. The van der Waals surface area contributed by atoms with E-state index in [0.29, 0.717) is 0 Å². The van der Waals surface area contributed by atoms with E-state index in [2.05, 4.69) is 41.2 Å². The van der Waals surface area contributed by atoms with E-state index in [4.69, 9.17) is 0 Å². The van der Waals surface area contributed by atoms with Crippen LogP contribution in [0.2, 0.25) is 6.55 Å². The van der Waals surface area contributed by atoms with Crippen molar-refractivity contribution < 1.29 is 0 Å². The first-order valence-corrected chi connectivity index (χ1v) is 5.66. The molecule has 0 amide bonds. The second kappa shape index (κ2) is 3.32. The average molecular weight is 191 g/mol. The Morgan fingerprint density at radius 1 is 1.62 bits per heavy atom. The average Bonchev–Trinajstić information content (AvgIpc) is 1.67. The van der Waals surface area contributed by atoms with Gasteiger partial charge in [-0.05, 0) is 13.8 Å². The fraction of sp³-hybridized carbons (Fsp3) is 0.667. The lowest BCUT2D eigenvalue weighted by atomic mass is 10.5. The predicted octanol–water partition coefficient (Wildman–Crippen LogP) is 1.34. The summed E-state index contributed by atoms with van der Waals surface area (Å²) in [5, 5.41) is 0. The van der Waals surface area contributed by atoms with E-state index in [1.807, 2.05) is 6.92 Å². The molecule has 0 rings (SSSR count). The first kappa shape index (κ1) is 8.26. The molecule has 0 aromatic heterocycles. The third-order valence-corrected chi connectivity index (χ3v) is 4.43. The number of halogens is 1. The van der Waals surface area contributed by atoms with Gasteiger partial charge < -0.3 is 0 Å². The minimum Gasteiger partial charge on any atom is -0.106 e.